The van der Waals surface area contributed by atoms with Crippen LogP contribution in [0, 0.1) is 5.92 Å². The van der Waals surface area contributed by atoms with Gasteiger partial charge in [0.05, 0.1) is 39.7 Å². The number of ether oxygens (including phenoxy) is 4. The highest BCUT2D eigenvalue weighted by molar-refractivity contribution is 7.16. The summed E-state index contributed by atoms with van der Waals surface area (Å²) < 4.78 is 21.9. The Morgan fingerprint density at radius 3 is 2.46 bits per heavy atom. The van der Waals surface area contributed by atoms with E-state index in [0.717, 1.165) is 30.4 Å². The maximum atomic E-state index is 13.5. The van der Waals surface area contributed by atoms with Crippen LogP contribution in [0.4, 0.5) is 10.7 Å². The van der Waals surface area contributed by atoms with E-state index >= 15 is 0 Å². The van der Waals surface area contributed by atoms with Crippen molar-refractivity contribution in [3.63, 3.8) is 0 Å². The van der Waals surface area contributed by atoms with Crippen LogP contribution in [-0.2, 0) is 12.8 Å². The first kappa shape index (κ1) is 24.6. The summed E-state index contributed by atoms with van der Waals surface area (Å²) in [5.74, 6) is 2.58. The maximum absolute atomic E-state index is 13.5. The number of aliphatic imine (C=N–C) groups is 1. The number of anilines is 1. The lowest BCUT2D eigenvalue weighted by molar-refractivity contribution is 0.102. The standard InChI is InChI=1S/C27H30N2O5S/c1-16-10-12-18-22(14-16)35-27(23(18)26(30)29-19-8-6-7-9-20(19)31-2)28-15-17-11-13-21(32-3)25(34-5)24(17)33-4/h6-9,11,13,15-16H,10,12,14H2,1-5H3,(H,29,30)/t16-/m1/s1. The summed E-state index contributed by atoms with van der Waals surface area (Å²) in [5, 5.41) is 3.70. The average molecular weight is 495 g/mol. The van der Waals surface area contributed by atoms with E-state index in [9.17, 15) is 4.79 Å². The zero-order chi connectivity index (χ0) is 24.9. The van der Waals surface area contributed by atoms with Crippen LogP contribution in [0.2, 0.25) is 0 Å². The van der Waals surface area contributed by atoms with Crippen LogP contribution in [0.1, 0.15) is 39.7 Å². The number of benzene rings is 2. The summed E-state index contributed by atoms with van der Waals surface area (Å²) in [6, 6.07) is 11.0. The van der Waals surface area contributed by atoms with Gasteiger partial charge in [0, 0.05) is 16.7 Å². The molecule has 1 aliphatic rings. The molecule has 0 fully saturated rings. The van der Waals surface area contributed by atoms with Crippen molar-refractivity contribution in [2.75, 3.05) is 33.8 Å². The Balaban J connectivity index is 1.75. The van der Waals surface area contributed by atoms with Gasteiger partial charge in [-0.15, -0.1) is 11.3 Å². The number of nitrogens with zero attached hydrogens (tertiary/aromatic N) is 1. The van der Waals surface area contributed by atoms with Gasteiger partial charge in [-0.2, -0.15) is 0 Å². The number of carbonyl (C=O) groups excluding carboxylic acids is 1. The summed E-state index contributed by atoms with van der Waals surface area (Å²) in [5.41, 5.74) is 3.06. The summed E-state index contributed by atoms with van der Waals surface area (Å²) in [6.07, 6.45) is 4.56. The van der Waals surface area contributed by atoms with Crippen LogP contribution in [0.5, 0.6) is 23.0 Å². The molecular weight excluding hydrogens is 464 g/mol. The Hall–Kier alpha value is -3.52. The molecule has 0 spiro atoms. The second kappa shape index (κ2) is 10.8. The molecule has 7 nitrogen and oxygen atoms in total. The van der Waals surface area contributed by atoms with Gasteiger partial charge in [-0.1, -0.05) is 19.1 Å². The van der Waals surface area contributed by atoms with Gasteiger partial charge in [0.1, 0.15) is 10.8 Å². The van der Waals surface area contributed by atoms with Gasteiger partial charge in [0.2, 0.25) is 5.75 Å². The fraction of sp³-hybridized carbons (Fsp3) is 0.333. The van der Waals surface area contributed by atoms with Gasteiger partial charge in [-0.25, -0.2) is 4.99 Å². The molecule has 35 heavy (non-hydrogen) atoms. The van der Waals surface area contributed by atoms with Crippen molar-refractivity contribution in [3.8, 4) is 23.0 Å². The molecule has 4 rings (SSSR count). The third kappa shape index (κ3) is 4.98. The molecule has 3 aromatic rings. The van der Waals surface area contributed by atoms with E-state index in [-0.39, 0.29) is 5.91 Å². The molecule has 0 bridgehead atoms. The molecule has 2 aromatic carbocycles. The minimum absolute atomic E-state index is 0.187. The van der Waals surface area contributed by atoms with E-state index in [2.05, 4.69) is 12.2 Å². The Morgan fingerprint density at radius 2 is 1.74 bits per heavy atom. The Morgan fingerprint density at radius 1 is 1.00 bits per heavy atom. The topological polar surface area (TPSA) is 78.4 Å². The maximum Gasteiger partial charge on any atom is 0.259 e. The molecule has 0 radical (unpaired) electrons. The van der Waals surface area contributed by atoms with Crippen LogP contribution in [0.3, 0.4) is 0 Å². The number of para-hydroxylation sites is 2. The first-order chi connectivity index (χ1) is 17.0. The van der Waals surface area contributed by atoms with E-state index in [0.29, 0.717) is 45.2 Å². The van der Waals surface area contributed by atoms with E-state index < -0.39 is 0 Å². The molecule has 8 heteroatoms. The lowest BCUT2D eigenvalue weighted by Crippen LogP contribution is -2.17. The zero-order valence-electron chi connectivity index (χ0n) is 20.6. The lowest BCUT2D eigenvalue weighted by Gasteiger charge is -2.18. The SMILES string of the molecule is COc1ccccc1NC(=O)c1c(N=Cc2ccc(OC)c(OC)c2OC)sc2c1CC[C@@H](C)C2. The number of methoxy groups -OCH3 is 4. The molecule has 1 aliphatic carbocycles. The molecule has 0 unspecified atom stereocenters. The highest BCUT2D eigenvalue weighted by Gasteiger charge is 2.28. The van der Waals surface area contributed by atoms with Crippen molar-refractivity contribution in [2.24, 2.45) is 10.9 Å². The smallest absolute Gasteiger partial charge is 0.259 e. The Kier molecular flexibility index (Phi) is 7.60. The molecule has 1 aromatic heterocycles. The number of fused-ring (bicyclic) bond motifs is 1. The lowest BCUT2D eigenvalue weighted by atomic mass is 9.88. The highest BCUT2D eigenvalue weighted by Crippen LogP contribution is 2.43. The minimum Gasteiger partial charge on any atom is -0.495 e. The predicted molar refractivity (Wildman–Crippen MR) is 140 cm³/mol. The van der Waals surface area contributed by atoms with Crippen molar-refractivity contribution in [2.45, 2.75) is 26.2 Å². The van der Waals surface area contributed by atoms with E-state index in [1.807, 2.05) is 30.3 Å². The zero-order valence-corrected chi connectivity index (χ0v) is 21.5. The minimum atomic E-state index is -0.187. The summed E-state index contributed by atoms with van der Waals surface area (Å²) in [6.45, 7) is 2.24. The van der Waals surface area contributed by atoms with Gasteiger partial charge < -0.3 is 24.3 Å². The van der Waals surface area contributed by atoms with Crippen molar-refractivity contribution in [1.29, 1.82) is 0 Å². The average Bonchev–Trinajstić information content (AvgIpc) is 3.24. The normalized spacial score (nSPS) is 14.9. The summed E-state index contributed by atoms with van der Waals surface area (Å²) in [7, 11) is 6.31. The number of amides is 1. The number of carbonyl (C=O) groups is 1. The molecule has 1 amide bonds. The number of hydrogen-bond acceptors (Lipinski definition) is 7. The van der Waals surface area contributed by atoms with Gasteiger partial charge in [-0.05, 0) is 55.0 Å². The molecule has 0 saturated carbocycles. The predicted octanol–water partition coefficient (Wildman–Crippen LogP) is 5.91. The number of nitrogens with one attached hydrogen (secondary N) is 1. The third-order valence-electron chi connectivity index (χ3n) is 6.13. The second-order valence-electron chi connectivity index (χ2n) is 8.37. The Labute approximate surface area is 209 Å². The van der Waals surface area contributed by atoms with Crippen LogP contribution in [-0.4, -0.2) is 40.6 Å². The van der Waals surface area contributed by atoms with E-state index in [1.54, 1.807) is 52.1 Å². The molecule has 0 saturated heterocycles. The fourth-order valence-electron chi connectivity index (χ4n) is 4.35. The van der Waals surface area contributed by atoms with Crippen LogP contribution in [0.15, 0.2) is 41.4 Å². The molecule has 1 atom stereocenters. The molecule has 0 aliphatic heterocycles. The van der Waals surface area contributed by atoms with Crippen molar-refractivity contribution in [1.82, 2.24) is 0 Å². The van der Waals surface area contributed by atoms with Crippen LogP contribution < -0.4 is 24.3 Å². The number of thiophene rings is 1. The molecule has 184 valence electrons. The molecule has 1 N–H and O–H groups in total. The van der Waals surface area contributed by atoms with Crippen molar-refractivity contribution >= 4 is 34.1 Å². The van der Waals surface area contributed by atoms with Gasteiger partial charge in [-0.3, -0.25) is 4.79 Å². The Bertz CT molecular complexity index is 1250. The number of rotatable bonds is 8. The fourth-order valence-corrected chi connectivity index (χ4v) is 5.70. The van der Waals surface area contributed by atoms with Crippen molar-refractivity contribution in [3.05, 3.63) is 58.0 Å². The molecule has 1 heterocycles. The largest absolute Gasteiger partial charge is 0.495 e. The first-order valence-corrected chi connectivity index (χ1v) is 12.2. The first-order valence-electron chi connectivity index (χ1n) is 11.4. The van der Waals surface area contributed by atoms with Gasteiger partial charge in [0.15, 0.2) is 11.5 Å². The second-order valence-corrected chi connectivity index (χ2v) is 9.45. The van der Waals surface area contributed by atoms with Crippen LogP contribution >= 0.6 is 11.3 Å². The number of hydrogen-bond donors (Lipinski definition) is 1. The van der Waals surface area contributed by atoms with E-state index in [1.165, 1.54) is 4.88 Å². The molecular formula is C27H30N2O5S. The van der Waals surface area contributed by atoms with E-state index in [4.69, 9.17) is 23.9 Å². The van der Waals surface area contributed by atoms with Gasteiger partial charge in [0.25, 0.3) is 5.91 Å². The van der Waals surface area contributed by atoms with Crippen LogP contribution in [0.25, 0.3) is 0 Å². The third-order valence-corrected chi connectivity index (χ3v) is 7.29. The summed E-state index contributed by atoms with van der Waals surface area (Å²) >= 11 is 1.58. The summed E-state index contributed by atoms with van der Waals surface area (Å²) in [4.78, 5) is 19.5. The highest BCUT2D eigenvalue weighted by atomic mass is 32.1. The van der Waals surface area contributed by atoms with Crippen molar-refractivity contribution < 1.29 is 23.7 Å². The monoisotopic (exact) mass is 494 g/mol. The quantitative estimate of drug-likeness (QED) is 0.394. The van der Waals surface area contributed by atoms with Gasteiger partial charge >= 0.3 is 0 Å².